The van der Waals surface area contributed by atoms with Crippen molar-refractivity contribution < 1.29 is 14.7 Å². The van der Waals surface area contributed by atoms with Crippen LogP contribution in [0.2, 0.25) is 0 Å². The Hall–Kier alpha value is -2.24. The molecule has 1 aliphatic heterocycles. The zero-order chi connectivity index (χ0) is 24.2. The van der Waals surface area contributed by atoms with Crippen molar-refractivity contribution in [1.29, 1.82) is 0 Å². The number of ketones is 1. The molecule has 4 atom stereocenters. The van der Waals surface area contributed by atoms with Crippen LogP contribution in [0.4, 0.5) is 0 Å². The maximum Gasteiger partial charge on any atom is 0.253 e. The number of hydrogen-bond donors (Lipinski definition) is 2. The van der Waals surface area contributed by atoms with Crippen LogP contribution in [-0.4, -0.2) is 53.5 Å². The number of allylic oxidation sites excluding steroid dienone is 2. The third-order valence-electron chi connectivity index (χ3n) is 8.56. The standard InChI is InChI=1S/C30H40N2O3/c33-28(18-31-27-16-25-5-1-2-6-26(25)17-27)7-3-4-8-29(34)23-11-13-24(14-12-23)30(35)32-19-21-9-10-22(15-21)20-32/h1-2,5-6,11,13-14,21-23,27-28,31,33H,3-4,7-10,12,15-20H2. The molecule has 1 saturated heterocycles. The summed E-state index contributed by atoms with van der Waals surface area (Å²) in [4.78, 5) is 27.6. The van der Waals surface area contributed by atoms with Gasteiger partial charge in [-0.3, -0.25) is 9.59 Å². The number of nitrogens with one attached hydrogen (secondary N) is 1. The Kier molecular flexibility index (Phi) is 7.84. The second kappa shape index (κ2) is 11.2. The first-order chi connectivity index (χ1) is 17.0. The van der Waals surface area contributed by atoms with Gasteiger partial charge in [0.15, 0.2) is 0 Å². The number of fused-ring (bicyclic) bond motifs is 3. The predicted molar refractivity (Wildman–Crippen MR) is 138 cm³/mol. The largest absolute Gasteiger partial charge is 0.392 e. The first-order valence-electron chi connectivity index (χ1n) is 13.7. The lowest BCUT2D eigenvalue weighted by Crippen LogP contribution is -2.41. The predicted octanol–water partition coefficient (Wildman–Crippen LogP) is 3.99. The third-order valence-corrected chi connectivity index (χ3v) is 8.56. The summed E-state index contributed by atoms with van der Waals surface area (Å²) in [6.45, 7) is 2.41. The highest BCUT2D eigenvalue weighted by molar-refractivity contribution is 5.97. The number of piperidine rings is 1. The lowest BCUT2D eigenvalue weighted by atomic mass is 9.89. The SMILES string of the molecule is O=C(CCCCC(O)CNC1Cc2ccccc2C1)C1C=CC(C(=O)N2CC3CCC(C3)C2)=CC1. The van der Waals surface area contributed by atoms with Gasteiger partial charge in [0.1, 0.15) is 5.78 Å². The summed E-state index contributed by atoms with van der Waals surface area (Å²) in [7, 11) is 0. The fourth-order valence-corrected chi connectivity index (χ4v) is 6.55. The van der Waals surface area contributed by atoms with Crippen LogP contribution >= 0.6 is 0 Å². The molecular weight excluding hydrogens is 436 g/mol. The summed E-state index contributed by atoms with van der Waals surface area (Å²) in [5.74, 6) is 1.66. The Morgan fingerprint density at radius 3 is 2.43 bits per heavy atom. The van der Waals surface area contributed by atoms with E-state index < -0.39 is 0 Å². The number of likely N-dealkylation sites (tertiary alicyclic amines) is 1. The van der Waals surface area contributed by atoms with Crippen molar-refractivity contribution >= 4 is 11.7 Å². The number of amides is 1. The van der Waals surface area contributed by atoms with Crippen molar-refractivity contribution in [1.82, 2.24) is 10.2 Å². The summed E-state index contributed by atoms with van der Waals surface area (Å²) >= 11 is 0. The Labute approximate surface area is 209 Å². The summed E-state index contributed by atoms with van der Waals surface area (Å²) in [6, 6.07) is 8.98. The number of unbranched alkanes of at least 4 members (excludes halogenated alkanes) is 1. The highest BCUT2D eigenvalue weighted by atomic mass is 16.3. The van der Waals surface area contributed by atoms with E-state index in [1.165, 1.54) is 30.4 Å². The van der Waals surface area contributed by atoms with Crippen LogP contribution in [0.25, 0.3) is 0 Å². The van der Waals surface area contributed by atoms with E-state index >= 15 is 0 Å². The number of aliphatic hydroxyl groups is 1. The van der Waals surface area contributed by atoms with Crippen LogP contribution < -0.4 is 5.32 Å². The van der Waals surface area contributed by atoms with Gasteiger partial charge < -0.3 is 15.3 Å². The number of benzene rings is 1. The van der Waals surface area contributed by atoms with E-state index in [9.17, 15) is 14.7 Å². The van der Waals surface area contributed by atoms with Crippen molar-refractivity contribution in [3.8, 4) is 0 Å². The topological polar surface area (TPSA) is 69.6 Å². The zero-order valence-corrected chi connectivity index (χ0v) is 20.8. The number of carbonyl (C=O) groups is 2. The van der Waals surface area contributed by atoms with Gasteiger partial charge in [-0.1, -0.05) is 48.9 Å². The second-order valence-electron chi connectivity index (χ2n) is 11.3. The molecule has 2 bridgehead atoms. The van der Waals surface area contributed by atoms with Crippen molar-refractivity contribution in [3.05, 3.63) is 59.2 Å². The van der Waals surface area contributed by atoms with Crippen LogP contribution in [0.3, 0.4) is 0 Å². The number of rotatable bonds is 10. The van der Waals surface area contributed by atoms with Gasteiger partial charge in [0.05, 0.1) is 6.10 Å². The van der Waals surface area contributed by atoms with Gasteiger partial charge in [-0.25, -0.2) is 0 Å². The lowest BCUT2D eigenvalue weighted by molar-refractivity contribution is -0.129. The van der Waals surface area contributed by atoms with Gasteiger partial charge in [0.2, 0.25) is 0 Å². The number of Topliss-reactive ketones (excluding diaryl/α,β-unsaturated/α-hetero) is 1. The highest BCUT2D eigenvalue weighted by Gasteiger charge is 2.35. The Morgan fingerprint density at radius 1 is 1.06 bits per heavy atom. The highest BCUT2D eigenvalue weighted by Crippen LogP contribution is 2.37. The van der Waals surface area contributed by atoms with Crippen molar-refractivity contribution in [2.45, 2.75) is 76.4 Å². The molecule has 2 N–H and O–H groups in total. The van der Waals surface area contributed by atoms with E-state index in [0.717, 1.165) is 50.8 Å². The number of hydrogen-bond acceptors (Lipinski definition) is 4. The maximum absolute atomic E-state index is 12.9. The molecule has 188 valence electrons. The number of nitrogens with zero attached hydrogens (tertiary/aromatic N) is 1. The average Bonchev–Trinajstić information content (AvgIpc) is 3.46. The first kappa shape index (κ1) is 24.5. The Balaban J connectivity index is 0.959. The molecule has 0 radical (unpaired) electrons. The van der Waals surface area contributed by atoms with Crippen molar-refractivity contribution in [2.24, 2.45) is 17.8 Å². The van der Waals surface area contributed by atoms with Crippen LogP contribution in [0.5, 0.6) is 0 Å². The van der Waals surface area contributed by atoms with Gasteiger partial charge in [-0.05, 0) is 74.3 Å². The van der Waals surface area contributed by atoms with Crippen molar-refractivity contribution in [2.75, 3.05) is 19.6 Å². The molecule has 1 heterocycles. The fraction of sp³-hybridized carbons (Fsp3) is 0.600. The molecule has 4 unspecified atom stereocenters. The first-order valence-corrected chi connectivity index (χ1v) is 13.7. The van der Waals surface area contributed by atoms with Gasteiger partial charge in [0, 0.05) is 43.6 Å². The third kappa shape index (κ3) is 6.13. The van der Waals surface area contributed by atoms with Crippen LogP contribution in [-0.2, 0) is 22.4 Å². The molecule has 3 aliphatic carbocycles. The molecule has 0 spiro atoms. The van der Waals surface area contributed by atoms with E-state index in [0.29, 0.717) is 37.3 Å². The summed E-state index contributed by atoms with van der Waals surface area (Å²) in [5, 5.41) is 13.9. The van der Waals surface area contributed by atoms with E-state index in [2.05, 4.69) is 29.6 Å². The van der Waals surface area contributed by atoms with E-state index in [1.54, 1.807) is 0 Å². The molecule has 2 fully saturated rings. The van der Waals surface area contributed by atoms with Gasteiger partial charge >= 0.3 is 0 Å². The lowest BCUT2D eigenvalue weighted by Gasteiger charge is -2.32. The molecule has 5 rings (SSSR count). The van der Waals surface area contributed by atoms with Crippen LogP contribution in [0.1, 0.15) is 62.5 Å². The fourth-order valence-electron chi connectivity index (χ4n) is 6.55. The molecule has 5 heteroatoms. The summed E-state index contributed by atoms with van der Waals surface area (Å²) in [5.41, 5.74) is 3.59. The Morgan fingerprint density at radius 2 is 1.77 bits per heavy atom. The normalized spacial score (nSPS) is 26.5. The van der Waals surface area contributed by atoms with E-state index in [1.807, 2.05) is 23.1 Å². The minimum Gasteiger partial charge on any atom is -0.392 e. The molecule has 1 aromatic rings. The minimum atomic E-state index is -0.370. The molecule has 5 nitrogen and oxygen atoms in total. The zero-order valence-electron chi connectivity index (χ0n) is 20.8. The van der Waals surface area contributed by atoms with Gasteiger partial charge in [0.25, 0.3) is 5.91 Å². The number of aliphatic hydroxyl groups excluding tert-OH is 1. The molecular formula is C30H40N2O3. The van der Waals surface area contributed by atoms with Crippen molar-refractivity contribution in [3.63, 3.8) is 0 Å². The Bertz CT molecular complexity index is 947. The molecule has 1 aromatic carbocycles. The molecule has 1 amide bonds. The monoisotopic (exact) mass is 476 g/mol. The molecule has 4 aliphatic rings. The van der Waals surface area contributed by atoms with E-state index in [-0.39, 0.29) is 23.7 Å². The molecule has 1 saturated carbocycles. The maximum atomic E-state index is 12.9. The number of carbonyl (C=O) groups excluding carboxylic acids is 2. The minimum absolute atomic E-state index is 0.111. The summed E-state index contributed by atoms with van der Waals surface area (Å²) < 4.78 is 0. The van der Waals surface area contributed by atoms with Crippen LogP contribution in [0.15, 0.2) is 48.1 Å². The van der Waals surface area contributed by atoms with Gasteiger partial charge in [-0.2, -0.15) is 0 Å². The molecule has 0 aromatic heterocycles. The average molecular weight is 477 g/mol. The van der Waals surface area contributed by atoms with Gasteiger partial charge in [-0.15, -0.1) is 0 Å². The second-order valence-corrected chi connectivity index (χ2v) is 11.3. The van der Waals surface area contributed by atoms with E-state index in [4.69, 9.17) is 0 Å². The van der Waals surface area contributed by atoms with Crippen LogP contribution in [0, 0.1) is 17.8 Å². The quantitative estimate of drug-likeness (QED) is 0.501. The molecule has 35 heavy (non-hydrogen) atoms. The summed E-state index contributed by atoms with van der Waals surface area (Å²) in [6.07, 6.45) is 14.9. The smallest absolute Gasteiger partial charge is 0.253 e.